The molecule has 0 aliphatic rings. The van der Waals surface area contributed by atoms with Gasteiger partial charge in [-0.3, -0.25) is 4.98 Å². The van der Waals surface area contributed by atoms with Crippen molar-refractivity contribution in [1.82, 2.24) is 20.4 Å². The van der Waals surface area contributed by atoms with Crippen LogP contribution < -0.4 is 5.32 Å². The predicted octanol–water partition coefficient (Wildman–Crippen LogP) is 1.18. The number of nitrogens with one attached hydrogen (secondary N) is 1. The summed E-state index contributed by atoms with van der Waals surface area (Å²) >= 11 is 0. The van der Waals surface area contributed by atoms with Gasteiger partial charge in [-0.25, -0.2) is 0 Å². The van der Waals surface area contributed by atoms with E-state index in [4.69, 9.17) is 9.26 Å². The highest BCUT2D eigenvalue weighted by Crippen LogP contribution is 2.18. The molecule has 2 heterocycles. The van der Waals surface area contributed by atoms with E-state index in [-0.39, 0.29) is 0 Å². The minimum absolute atomic E-state index is 0.537. The fourth-order valence-corrected chi connectivity index (χ4v) is 1.50. The van der Waals surface area contributed by atoms with Crippen molar-refractivity contribution in [3.63, 3.8) is 0 Å². The molecular formula is C12H16N4O2. The number of aryl methyl sites for hydroxylation is 1. The number of rotatable bonds is 6. The molecule has 2 aromatic rings. The van der Waals surface area contributed by atoms with Gasteiger partial charge in [0.05, 0.1) is 13.2 Å². The molecule has 18 heavy (non-hydrogen) atoms. The third-order valence-electron chi connectivity index (χ3n) is 2.51. The maximum Gasteiger partial charge on any atom is 0.240 e. The second kappa shape index (κ2) is 6.23. The van der Waals surface area contributed by atoms with E-state index >= 15 is 0 Å². The summed E-state index contributed by atoms with van der Waals surface area (Å²) in [5, 5.41) is 7.09. The lowest BCUT2D eigenvalue weighted by Crippen LogP contribution is -2.18. The second-order valence-corrected chi connectivity index (χ2v) is 3.87. The lowest BCUT2D eigenvalue weighted by atomic mass is 10.1. The van der Waals surface area contributed by atoms with Crippen molar-refractivity contribution in [3.8, 4) is 11.4 Å². The second-order valence-electron chi connectivity index (χ2n) is 3.87. The maximum absolute atomic E-state index is 5.16. The van der Waals surface area contributed by atoms with Crippen LogP contribution in [0, 0.1) is 6.92 Å². The Labute approximate surface area is 105 Å². The van der Waals surface area contributed by atoms with Gasteiger partial charge in [0.15, 0.2) is 0 Å². The third-order valence-corrected chi connectivity index (χ3v) is 2.51. The minimum atomic E-state index is 0.537. The molecule has 0 aromatic carbocycles. The van der Waals surface area contributed by atoms with Gasteiger partial charge in [-0.1, -0.05) is 5.16 Å². The van der Waals surface area contributed by atoms with Gasteiger partial charge in [-0.15, -0.1) is 0 Å². The Morgan fingerprint density at radius 1 is 1.44 bits per heavy atom. The molecule has 6 heteroatoms. The summed E-state index contributed by atoms with van der Waals surface area (Å²) in [5.41, 5.74) is 1.97. The molecule has 0 fully saturated rings. The third kappa shape index (κ3) is 3.12. The number of hydrogen-bond donors (Lipinski definition) is 1. The Kier molecular flexibility index (Phi) is 4.38. The Bertz CT molecular complexity index is 498. The zero-order valence-corrected chi connectivity index (χ0v) is 10.5. The molecule has 0 spiro atoms. The molecule has 96 valence electrons. The highest BCUT2D eigenvalue weighted by atomic mass is 16.5. The zero-order chi connectivity index (χ0) is 12.8. The van der Waals surface area contributed by atoms with E-state index < -0.39 is 0 Å². The van der Waals surface area contributed by atoms with Gasteiger partial charge in [0.1, 0.15) is 0 Å². The predicted molar refractivity (Wildman–Crippen MR) is 65.8 cm³/mol. The standard InChI is InChI=1S/C12H16N4O2/c1-9-3-4-13-7-10(9)12-15-11(18-16-12)8-14-5-6-17-2/h3-4,7,14H,5-6,8H2,1-2H3. The fraction of sp³-hybridized carbons (Fsp3) is 0.417. The van der Waals surface area contributed by atoms with Gasteiger partial charge in [0.25, 0.3) is 0 Å². The van der Waals surface area contributed by atoms with E-state index in [1.54, 1.807) is 19.5 Å². The summed E-state index contributed by atoms with van der Waals surface area (Å²) in [6.07, 6.45) is 3.48. The van der Waals surface area contributed by atoms with Gasteiger partial charge in [-0.05, 0) is 18.6 Å². The number of nitrogens with zero attached hydrogens (tertiary/aromatic N) is 3. The summed E-state index contributed by atoms with van der Waals surface area (Å²) in [6, 6.07) is 1.92. The lowest BCUT2D eigenvalue weighted by Gasteiger charge is -1.99. The number of ether oxygens (including phenoxy) is 1. The van der Waals surface area contributed by atoms with Gasteiger partial charge in [0, 0.05) is 31.6 Å². The molecule has 0 bridgehead atoms. The summed E-state index contributed by atoms with van der Waals surface area (Å²) in [5.74, 6) is 1.13. The molecule has 0 atom stereocenters. The fourth-order valence-electron chi connectivity index (χ4n) is 1.50. The van der Waals surface area contributed by atoms with Crippen LogP contribution in [-0.4, -0.2) is 35.4 Å². The average molecular weight is 248 g/mol. The van der Waals surface area contributed by atoms with Crippen LogP contribution in [0.15, 0.2) is 23.0 Å². The van der Waals surface area contributed by atoms with E-state index in [1.165, 1.54) is 0 Å². The van der Waals surface area contributed by atoms with E-state index in [0.29, 0.717) is 24.9 Å². The molecule has 0 aliphatic heterocycles. The Morgan fingerprint density at radius 3 is 3.11 bits per heavy atom. The molecule has 2 rings (SSSR count). The molecule has 6 nitrogen and oxygen atoms in total. The van der Waals surface area contributed by atoms with Crippen molar-refractivity contribution in [3.05, 3.63) is 29.9 Å². The molecule has 0 aliphatic carbocycles. The minimum Gasteiger partial charge on any atom is -0.383 e. The maximum atomic E-state index is 5.16. The van der Waals surface area contributed by atoms with Crippen molar-refractivity contribution >= 4 is 0 Å². The van der Waals surface area contributed by atoms with Crippen molar-refractivity contribution < 1.29 is 9.26 Å². The van der Waals surface area contributed by atoms with E-state index in [2.05, 4.69) is 20.4 Å². The number of aromatic nitrogens is 3. The van der Waals surface area contributed by atoms with Crippen LogP contribution in [0.1, 0.15) is 11.5 Å². The number of methoxy groups -OCH3 is 1. The topological polar surface area (TPSA) is 73.1 Å². The normalized spacial score (nSPS) is 10.8. The van der Waals surface area contributed by atoms with Crippen LogP contribution in [-0.2, 0) is 11.3 Å². The molecule has 0 radical (unpaired) electrons. The van der Waals surface area contributed by atoms with E-state index in [9.17, 15) is 0 Å². The summed E-state index contributed by atoms with van der Waals surface area (Å²) in [7, 11) is 1.66. The summed E-state index contributed by atoms with van der Waals surface area (Å²) in [4.78, 5) is 8.38. The highest BCUT2D eigenvalue weighted by Gasteiger charge is 2.10. The molecule has 0 saturated carbocycles. The van der Waals surface area contributed by atoms with Gasteiger partial charge < -0.3 is 14.6 Å². The van der Waals surface area contributed by atoms with Crippen LogP contribution in [0.2, 0.25) is 0 Å². The van der Waals surface area contributed by atoms with Gasteiger partial charge >= 0.3 is 0 Å². The monoisotopic (exact) mass is 248 g/mol. The highest BCUT2D eigenvalue weighted by molar-refractivity contribution is 5.57. The molecule has 2 aromatic heterocycles. The Hall–Kier alpha value is -1.79. The van der Waals surface area contributed by atoms with E-state index in [0.717, 1.165) is 17.7 Å². The van der Waals surface area contributed by atoms with E-state index in [1.807, 2.05) is 13.0 Å². The molecule has 1 N–H and O–H groups in total. The van der Waals surface area contributed by atoms with Crippen molar-refractivity contribution in [2.45, 2.75) is 13.5 Å². The average Bonchev–Trinajstić information content (AvgIpc) is 2.84. The molecule has 0 unspecified atom stereocenters. The van der Waals surface area contributed by atoms with Crippen LogP contribution in [0.3, 0.4) is 0 Å². The van der Waals surface area contributed by atoms with Crippen LogP contribution in [0.4, 0.5) is 0 Å². The molecule has 0 amide bonds. The van der Waals surface area contributed by atoms with Crippen LogP contribution >= 0.6 is 0 Å². The van der Waals surface area contributed by atoms with Gasteiger partial charge in [0.2, 0.25) is 11.7 Å². The first-order valence-corrected chi connectivity index (χ1v) is 5.74. The van der Waals surface area contributed by atoms with Crippen molar-refractivity contribution in [2.75, 3.05) is 20.3 Å². The largest absolute Gasteiger partial charge is 0.383 e. The lowest BCUT2D eigenvalue weighted by molar-refractivity contribution is 0.197. The summed E-state index contributed by atoms with van der Waals surface area (Å²) < 4.78 is 10.1. The quantitative estimate of drug-likeness (QED) is 0.774. The SMILES string of the molecule is COCCNCc1nc(-c2cnccc2C)no1. The van der Waals surface area contributed by atoms with Crippen LogP contribution in [0.25, 0.3) is 11.4 Å². The summed E-state index contributed by atoms with van der Waals surface area (Å²) in [6.45, 7) is 3.93. The Balaban J connectivity index is 2.00. The first kappa shape index (κ1) is 12.7. The molecule has 0 saturated heterocycles. The van der Waals surface area contributed by atoms with Crippen molar-refractivity contribution in [2.24, 2.45) is 0 Å². The Morgan fingerprint density at radius 2 is 2.33 bits per heavy atom. The first-order valence-electron chi connectivity index (χ1n) is 5.74. The molecular weight excluding hydrogens is 232 g/mol. The van der Waals surface area contributed by atoms with Crippen molar-refractivity contribution in [1.29, 1.82) is 0 Å². The van der Waals surface area contributed by atoms with Crippen LogP contribution in [0.5, 0.6) is 0 Å². The smallest absolute Gasteiger partial charge is 0.240 e. The number of hydrogen-bond acceptors (Lipinski definition) is 6. The number of pyridine rings is 1. The first-order chi connectivity index (χ1) is 8.81. The zero-order valence-electron chi connectivity index (χ0n) is 10.5. The van der Waals surface area contributed by atoms with Gasteiger partial charge in [-0.2, -0.15) is 4.98 Å².